The zero-order valence-electron chi connectivity index (χ0n) is 14.5. The van der Waals surface area contributed by atoms with Crippen LogP contribution in [0.1, 0.15) is 17.2 Å². The summed E-state index contributed by atoms with van der Waals surface area (Å²) in [6, 6.07) is 14.7. The topological polar surface area (TPSA) is 79.8 Å². The van der Waals surface area contributed by atoms with Crippen molar-refractivity contribution in [1.82, 2.24) is 5.32 Å². The summed E-state index contributed by atoms with van der Waals surface area (Å²) in [7, 11) is 1.57. The van der Waals surface area contributed by atoms with Crippen LogP contribution >= 0.6 is 0 Å². The number of methoxy groups -OCH3 is 1. The SMILES string of the molecule is COc1cccc(NC(=O)NCC(OCCO)c2ccc(C)cc2)c1. The number of aliphatic hydroxyl groups is 1. The minimum Gasteiger partial charge on any atom is -0.497 e. The molecule has 2 amide bonds. The fraction of sp³-hybridized carbons (Fsp3) is 0.316. The van der Waals surface area contributed by atoms with E-state index >= 15 is 0 Å². The van der Waals surface area contributed by atoms with Gasteiger partial charge in [-0.05, 0) is 24.6 Å². The number of rotatable bonds is 8. The fourth-order valence-electron chi connectivity index (χ4n) is 2.31. The number of ether oxygens (including phenoxy) is 2. The molecule has 2 rings (SSSR count). The van der Waals surface area contributed by atoms with Gasteiger partial charge in [0.15, 0.2) is 0 Å². The summed E-state index contributed by atoms with van der Waals surface area (Å²) in [5.41, 5.74) is 2.73. The van der Waals surface area contributed by atoms with Crippen molar-refractivity contribution >= 4 is 11.7 Å². The van der Waals surface area contributed by atoms with E-state index in [1.807, 2.05) is 31.2 Å². The van der Waals surface area contributed by atoms with Crippen LogP contribution in [0.4, 0.5) is 10.5 Å². The van der Waals surface area contributed by atoms with E-state index in [2.05, 4.69) is 10.6 Å². The van der Waals surface area contributed by atoms with Crippen LogP contribution in [0.2, 0.25) is 0 Å². The van der Waals surface area contributed by atoms with E-state index in [1.165, 1.54) is 0 Å². The largest absolute Gasteiger partial charge is 0.497 e. The normalized spacial score (nSPS) is 11.6. The molecule has 2 aromatic rings. The van der Waals surface area contributed by atoms with Crippen molar-refractivity contribution in [3.8, 4) is 5.75 Å². The third-order valence-electron chi connectivity index (χ3n) is 3.64. The van der Waals surface area contributed by atoms with Gasteiger partial charge in [-0.25, -0.2) is 4.79 Å². The Morgan fingerprint density at radius 1 is 1.20 bits per heavy atom. The van der Waals surface area contributed by atoms with E-state index in [0.29, 0.717) is 18.0 Å². The molecular formula is C19H24N2O4. The summed E-state index contributed by atoms with van der Waals surface area (Å²) in [6.07, 6.45) is -0.330. The van der Waals surface area contributed by atoms with Crippen molar-refractivity contribution in [1.29, 1.82) is 0 Å². The van der Waals surface area contributed by atoms with E-state index < -0.39 is 0 Å². The maximum atomic E-state index is 12.1. The second-order valence-electron chi connectivity index (χ2n) is 5.56. The van der Waals surface area contributed by atoms with E-state index in [-0.39, 0.29) is 25.3 Å². The molecule has 25 heavy (non-hydrogen) atoms. The van der Waals surface area contributed by atoms with Gasteiger partial charge in [-0.1, -0.05) is 35.9 Å². The second kappa shape index (κ2) is 9.66. The molecule has 0 saturated carbocycles. The van der Waals surface area contributed by atoms with Gasteiger partial charge in [0.05, 0.1) is 26.4 Å². The molecular weight excluding hydrogens is 320 g/mol. The van der Waals surface area contributed by atoms with Gasteiger partial charge in [0.2, 0.25) is 0 Å². The van der Waals surface area contributed by atoms with Gasteiger partial charge < -0.3 is 25.2 Å². The Morgan fingerprint density at radius 2 is 1.96 bits per heavy atom. The number of amides is 2. The number of aliphatic hydroxyl groups excluding tert-OH is 1. The Bertz CT molecular complexity index is 673. The van der Waals surface area contributed by atoms with Crippen molar-refractivity contribution in [3.63, 3.8) is 0 Å². The average molecular weight is 344 g/mol. The minimum atomic E-state index is -0.335. The molecule has 0 aromatic heterocycles. The molecule has 0 aliphatic carbocycles. The molecule has 6 heteroatoms. The highest BCUT2D eigenvalue weighted by Gasteiger charge is 2.13. The number of anilines is 1. The zero-order chi connectivity index (χ0) is 18.1. The van der Waals surface area contributed by atoms with E-state index in [1.54, 1.807) is 31.4 Å². The number of nitrogens with one attached hydrogen (secondary N) is 2. The molecule has 0 aliphatic rings. The first-order chi connectivity index (χ1) is 12.1. The molecule has 6 nitrogen and oxygen atoms in total. The predicted molar refractivity (Wildman–Crippen MR) is 97.0 cm³/mol. The maximum absolute atomic E-state index is 12.1. The summed E-state index contributed by atoms with van der Waals surface area (Å²) in [6.45, 7) is 2.43. The average Bonchev–Trinajstić information content (AvgIpc) is 2.63. The molecule has 0 aliphatic heterocycles. The van der Waals surface area contributed by atoms with Crippen LogP contribution in [0.15, 0.2) is 48.5 Å². The van der Waals surface area contributed by atoms with Crippen LogP contribution in [0, 0.1) is 6.92 Å². The van der Waals surface area contributed by atoms with Gasteiger partial charge in [-0.2, -0.15) is 0 Å². The summed E-state index contributed by atoms with van der Waals surface area (Å²) < 4.78 is 10.8. The van der Waals surface area contributed by atoms with Crippen LogP contribution < -0.4 is 15.4 Å². The Balaban J connectivity index is 1.94. The van der Waals surface area contributed by atoms with E-state index in [4.69, 9.17) is 14.6 Å². The number of carbonyl (C=O) groups is 1. The maximum Gasteiger partial charge on any atom is 0.319 e. The third-order valence-corrected chi connectivity index (χ3v) is 3.64. The van der Waals surface area contributed by atoms with Crippen LogP contribution in [0.5, 0.6) is 5.75 Å². The number of carbonyl (C=O) groups excluding carboxylic acids is 1. The smallest absolute Gasteiger partial charge is 0.319 e. The molecule has 1 atom stereocenters. The van der Waals surface area contributed by atoms with Gasteiger partial charge in [0.25, 0.3) is 0 Å². The quantitative estimate of drug-likeness (QED) is 0.688. The van der Waals surface area contributed by atoms with Crippen molar-refractivity contribution in [2.45, 2.75) is 13.0 Å². The van der Waals surface area contributed by atoms with Gasteiger partial charge in [-0.15, -0.1) is 0 Å². The van der Waals surface area contributed by atoms with E-state index in [0.717, 1.165) is 11.1 Å². The van der Waals surface area contributed by atoms with Crippen LogP contribution in [0.25, 0.3) is 0 Å². The summed E-state index contributed by atoms with van der Waals surface area (Å²) in [4.78, 5) is 12.1. The van der Waals surface area contributed by atoms with Crippen LogP contribution in [-0.4, -0.2) is 38.0 Å². The standard InChI is InChI=1S/C19H24N2O4/c1-14-6-8-15(9-7-14)18(25-11-10-22)13-20-19(23)21-16-4-3-5-17(12-16)24-2/h3-9,12,18,22H,10-11,13H2,1-2H3,(H2,20,21,23). The van der Waals surface area contributed by atoms with Crippen LogP contribution in [0.3, 0.4) is 0 Å². The van der Waals surface area contributed by atoms with Gasteiger partial charge in [-0.3, -0.25) is 0 Å². The monoisotopic (exact) mass is 344 g/mol. The minimum absolute atomic E-state index is 0.0711. The molecule has 0 radical (unpaired) electrons. The van der Waals surface area contributed by atoms with Crippen molar-refractivity contribution < 1.29 is 19.4 Å². The highest BCUT2D eigenvalue weighted by Crippen LogP contribution is 2.18. The van der Waals surface area contributed by atoms with Gasteiger partial charge in [0.1, 0.15) is 5.75 Å². The highest BCUT2D eigenvalue weighted by molar-refractivity contribution is 5.89. The van der Waals surface area contributed by atoms with Gasteiger partial charge in [0, 0.05) is 18.3 Å². The lowest BCUT2D eigenvalue weighted by molar-refractivity contribution is 0.0297. The Hall–Kier alpha value is -2.57. The zero-order valence-corrected chi connectivity index (χ0v) is 14.5. The van der Waals surface area contributed by atoms with Crippen molar-refractivity contribution in [3.05, 3.63) is 59.7 Å². The lowest BCUT2D eigenvalue weighted by atomic mass is 10.1. The summed E-state index contributed by atoms with van der Waals surface area (Å²) in [5.74, 6) is 0.668. The lowest BCUT2D eigenvalue weighted by Crippen LogP contribution is -2.33. The van der Waals surface area contributed by atoms with Gasteiger partial charge >= 0.3 is 6.03 Å². The van der Waals surface area contributed by atoms with E-state index in [9.17, 15) is 4.79 Å². The molecule has 2 aromatic carbocycles. The second-order valence-corrected chi connectivity index (χ2v) is 5.56. The molecule has 0 heterocycles. The molecule has 0 spiro atoms. The summed E-state index contributed by atoms with van der Waals surface area (Å²) in [5, 5.41) is 14.5. The Labute approximate surface area is 147 Å². The first kappa shape index (κ1) is 18.8. The molecule has 1 unspecified atom stereocenters. The fourth-order valence-corrected chi connectivity index (χ4v) is 2.31. The van der Waals surface area contributed by atoms with Crippen molar-refractivity contribution in [2.24, 2.45) is 0 Å². The number of urea groups is 1. The third kappa shape index (κ3) is 6.10. The molecule has 0 fully saturated rings. The number of benzene rings is 2. The summed E-state index contributed by atoms with van der Waals surface area (Å²) >= 11 is 0. The molecule has 0 bridgehead atoms. The Morgan fingerprint density at radius 3 is 2.64 bits per heavy atom. The Kier molecular flexibility index (Phi) is 7.25. The number of hydrogen-bond donors (Lipinski definition) is 3. The lowest BCUT2D eigenvalue weighted by Gasteiger charge is -2.19. The first-order valence-corrected chi connectivity index (χ1v) is 8.10. The van der Waals surface area contributed by atoms with Crippen LogP contribution in [-0.2, 0) is 4.74 Å². The molecule has 3 N–H and O–H groups in total. The molecule has 0 saturated heterocycles. The highest BCUT2D eigenvalue weighted by atomic mass is 16.5. The first-order valence-electron chi connectivity index (χ1n) is 8.10. The predicted octanol–water partition coefficient (Wildman–Crippen LogP) is 2.88. The van der Waals surface area contributed by atoms with Crippen molar-refractivity contribution in [2.75, 3.05) is 32.2 Å². The molecule has 134 valence electrons. The number of hydrogen-bond acceptors (Lipinski definition) is 4. The number of aryl methyl sites for hydroxylation is 1.